The lowest BCUT2D eigenvalue weighted by Crippen LogP contribution is -2.15. The molecule has 70 valence electrons. The van der Waals surface area contributed by atoms with Gasteiger partial charge in [0, 0.05) is 18.6 Å². The first-order valence-corrected chi connectivity index (χ1v) is 4.21. The maximum atomic E-state index is 8.00. The van der Waals surface area contributed by atoms with Gasteiger partial charge in [-0.15, -0.1) is 0 Å². The van der Waals surface area contributed by atoms with E-state index in [2.05, 4.69) is 24.0 Å². The fraction of sp³-hybridized carbons (Fsp3) is 1.00. The van der Waals surface area contributed by atoms with Gasteiger partial charge >= 0.3 is 0 Å². The third-order valence-corrected chi connectivity index (χ3v) is 1.34. The van der Waals surface area contributed by atoms with Gasteiger partial charge in [0.1, 0.15) is 6.23 Å². The van der Waals surface area contributed by atoms with Gasteiger partial charge in [-0.1, -0.05) is 5.11 Å². The summed E-state index contributed by atoms with van der Waals surface area (Å²) in [5.74, 6) is 0. The van der Waals surface area contributed by atoms with E-state index in [1.165, 1.54) is 0 Å². The van der Waals surface area contributed by atoms with Crippen LogP contribution in [-0.4, -0.2) is 19.9 Å². The van der Waals surface area contributed by atoms with Gasteiger partial charge < -0.3 is 9.26 Å². The average Bonchev–Trinajstić information content (AvgIpc) is 2.08. The van der Waals surface area contributed by atoms with E-state index in [0.29, 0.717) is 0 Å². The highest BCUT2D eigenvalue weighted by atomic mass is 31.0. The summed E-state index contributed by atoms with van der Waals surface area (Å²) in [6.07, 6.45) is 2.90. The number of hydrogen-bond donors (Lipinski definition) is 0. The molecule has 0 aliphatic carbocycles. The van der Waals surface area contributed by atoms with Gasteiger partial charge in [0.2, 0.25) is 0 Å². The Kier molecular flexibility index (Phi) is 8.51. The van der Waals surface area contributed by atoms with Crippen molar-refractivity contribution in [2.45, 2.75) is 25.5 Å². The second-order valence-corrected chi connectivity index (χ2v) is 2.73. The van der Waals surface area contributed by atoms with Crippen molar-refractivity contribution in [1.82, 2.24) is 0 Å². The van der Waals surface area contributed by atoms with Crippen LogP contribution < -0.4 is 0 Å². The Morgan fingerprint density at radius 3 is 2.75 bits per heavy atom. The predicted molar refractivity (Wildman–Crippen MR) is 49.5 cm³/mol. The summed E-state index contributed by atoms with van der Waals surface area (Å²) in [7, 11) is 3.67. The Hall–Kier alpha value is -0.340. The van der Waals surface area contributed by atoms with E-state index in [4.69, 9.17) is 10.3 Å². The van der Waals surface area contributed by atoms with Gasteiger partial charge in [0.05, 0.1) is 0 Å². The van der Waals surface area contributed by atoms with E-state index in [9.17, 15) is 0 Å². The van der Waals surface area contributed by atoms with Crippen molar-refractivity contribution in [1.29, 1.82) is 0 Å². The van der Waals surface area contributed by atoms with Crippen LogP contribution in [0.1, 0.15) is 19.3 Å². The molecule has 2 atom stereocenters. The van der Waals surface area contributed by atoms with Gasteiger partial charge in [-0.3, -0.25) is 0 Å². The lowest BCUT2D eigenvalue weighted by molar-refractivity contribution is 0.0209. The van der Waals surface area contributed by atoms with Crippen LogP contribution in [0.25, 0.3) is 10.4 Å². The molecule has 0 amide bonds. The number of nitrogens with zero attached hydrogens (tertiary/aromatic N) is 3. The van der Waals surface area contributed by atoms with Crippen molar-refractivity contribution >= 4 is 9.47 Å². The van der Waals surface area contributed by atoms with E-state index in [1.54, 1.807) is 7.11 Å². The molecule has 5 nitrogen and oxygen atoms in total. The van der Waals surface area contributed by atoms with Crippen molar-refractivity contribution in [2.24, 2.45) is 5.11 Å². The van der Waals surface area contributed by atoms with Crippen molar-refractivity contribution < 1.29 is 9.26 Å². The molecule has 1 rings (SSSR count). The maximum absolute atomic E-state index is 8.00. The third-order valence-electron chi connectivity index (χ3n) is 1.34. The molecule has 0 aromatic carbocycles. The number of hydrogen-bond acceptors (Lipinski definition) is 3. The molecule has 0 aromatic heterocycles. The minimum absolute atomic E-state index is 0.191. The second-order valence-electron chi connectivity index (χ2n) is 2.26. The van der Waals surface area contributed by atoms with Crippen LogP contribution in [0.2, 0.25) is 0 Å². The van der Waals surface area contributed by atoms with Gasteiger partial charge in [-0.05, 0) is 34.3 Å². The molecule has 1 aliphatic rings. The first kappa shape index (κ1) is 11.7. The fourth-order valence-electron chi connectivity index (χ4n) is 0.872. The number of azide groups is 1. The maximum Gasteiger partial charge on any atom is 0.136 e. The summed E-state index contributed by atoms with van der Waals surface area (Å²) in [5, 5.41) is 3.44. The zero-order valence-corrected chi connectivity index (χ0v) is 8.30. The van der Waals surface area contributed by atoms with Crippen LogP contribution in [0.5, 0.6) is 0 Å². The predicted octanol–water partition coefficient (Wildman–Crippen LogP) is 2.25. The van der Waals surface area contributed by atoms with Crippen molar-refractivity contribution in [3.63, 3.8) is 0 Å². The molecule has 0 bridgehead atoms. The van der Waals surface area contributed by atoms with E-state index in [0.717, 1.165) is 25.9 Å². The minimum atomic E-state index is -0.191. The molecule has 0 radical (unpaired) electrons. The van der Waals surface area contributed by atoms with Gasteiger partial charge in [-0.25, -0.2) is 0 Å². The average molecular weight is 191 g/mol. The SMILES string of the molecule is COP.[N-]=[N+]=NC1CCCCO1. The lowest BCUT2D eigenvalue weighted by atomic mass is 10.2. The van der Waals surface area contributed by atoms with Crippen LogP contribution in [0.15, 0.2) is 5.11 Å². The van der Waals surface area contributed by atoms with E-state index >= 15 is 0 Å². The zero-order chi connectivity index (χ0) is 9.23. The van der Waals surface area contributed by atoms with E-state index < -0.39 is 0 Å². The highest BCUT2D eigenvalue weighted by molar-refractivity contribution is 7.09. The monoisotopic (exact) mass is 191 g/mol. The molecule has 0 saturated carbocycles. The van der Waals surface area contributed by atoms with Crippen molar-refractivity contribution in [3.8, 4) is 0 Å². The van der Waals surface area contributed by atoms with Crippen LogP contribution in [0.4, 0.5) is 0 Å². The molecule has 1 fully saturated rings. The van der Waals surface area contributed by atoms with E-state index in [-0.39, 0.29) is 6.23 Å². The molecule has 12 heavy (non-hydrogen) atoms. The highest BCUT2D eigenvalue weighted by Gasteiger charge is 2.10. The fourth-order valence-corrected chi connectivity index (χ4v) is 0.872. The largest absolute Gasteiger partial charge is 0.372 e. The topological polar surface area (TPSA) is 67.2 Å². The number of ether oxygens (including phenoxy) is 1. The normalized spacial score (nSPS) is 21.7. The molecule has 1 aliphatic heterocycles. The van der Waals surface area contributed by atoms with Gasteiger partial charge in [0.25, 0.3) is 0 Å². The second kappa shape index (κ2) is 8.75. The lowest BCUT2D eigenvalue weighted by Gasteiger charge is -2.16. The quantitative estimate of drug-likeness (QED) is 0.276. The van der Waals surface area contributed by atoms with Crippen LogP contribution in [0, 0.1) is 0 Å². The van der Waals surface area contributed by atoms with Crippen LogP contribution in [-0.2, 0) is 9.26 Å². The molecule has 6 heteroatoms. The first-order chi connectivity index (χ1) is 5.85. The molecule has 0 spiro atoms. The van der Waals surface area contributed by atoms with E-state index in [1.807, 2.05) is 0 Å². The molecule has 1 saturated heterocycles. The Morgan fingerprint density at radius 2 is 2.33 bits per heavy atom. The Morgan fingerprint density at radius 1 is 1.67 bits per heavy atom. The summed E-state index contributed by atoms with van der Waals surface area (Å²) in [5.41, 5.74) is 8.00. The summed E-state index contributed by atoms with van der Waals surface area (Å²) >= 11 is 0. The molecular weight excluding hydrogens is 177 g/mol. The third kappa shape index (κ3) is 6.38. The smallest absolute Gasteiger partial charge is 0.136 e. The van der Waals surface area contributed by atoms with Crippen LogP contribution >= 0.6 is 9.47 Å². The summed E-state index contributed by atoms with van der Waals surface area (Å²) < 4.78 is 9.26. The van der Waals surface area contributed by atoms with Crippen molar-refractivity contribution in [3.05, 3.63) is 10.4 Å². The Labute approximate surface area is 74.3 Å². The minimum Gasteiger partial charge on any atom is -0.372 e. The van der Waals surface area contributed by atoms with Crippen LogP contribution in [0.3, 0.4) is 0 Å². The number of rotatable bonds is 1. The Bertz CT molecular complexity index is 144. The van der Waals surface area contributed by atoms with Gasteiger partial charge in [0.15, 0.2) is 0 Å². The van der Waals surface area contributed by atoms with Crippen molar-refractivity contribution in [2.75, 3.05) is 13.7 Å². The Balaban J connectivity index is 0.000000354. The highest BCUT2D eigenvalue weighted by Crippen LogP contribution is 2.12. The summed E-state index contributed by atoms with van der Waals surface area (Å²) in [6.45, 7) is 0.740. The molecule has 1 heterocycles. The van der Waals surface area contributed by atoms with Gasteiger partial charge in [-0.2, -0.15) is 0 Å². The molecule has 0 aromatic rings. The zero-order valence-electron chi connectivity index (χ0n) is 7.14. The standard InChI is InChI=1S/C5H9N3O.CH5OP/c6-8-7-5-3-1-2-4-9-5;1-2-3/h5H,1-4H2;3H2,1H3. The molecular formula is C6H14N3O2P. The summed E-state index contributed by atoms with van der Waals surface area (Å²) in [6, 6.07) is 0. The molecule has 2 unspecified atom stereocenters. The first-order valence-electron chi connectivity index (χ1n) is 3.73. The molecule has 0 N–H and O–H groups in total. The summed E-state index contributed by atoms with van der Waals surface area (Å²) in [4.78, 5) is 2.66.